The maximum atomic E-state index is 13.3. The number of aromatic amines is 1. The third-order valence-electron chi connectivity index (χ3n) is 9.53. The zero-order chi connectivity index (χ0) is 28.9. The van der Waals surface area contributed by atoms with Gasteiger partial charge < -0.3 is 19.9 Å². The van der Waals surface area contributed by atoms with Gasteiger partial charge in [0.1, 0.15) is 11.9 Å². The quantitative estimate of drug-likeness (QED) is 0.210. The number of anilines is 1. The number of ether oxygens (including phenoxy) is 1. The number of nitrogens with one attached hydrogen (secondary N) is 2. The molecule has 7 heteroatoms. The number of methoxy groups -OCH3 is 1. The van der Waals surface area contributed by atoms with Crippen molar-refractivity contribution in [1.82, 2.24) is 9.88 Å². The lowest BCUT2D eigenvalue weighted by atomic mass is 9.61. The van der Waals surface area contributed by atoms with Gasteiger partial charge in [0.05, 0.1) is 13.2 Å². The van der Waals surface area contributed by atoms with Gasteiger partial charge in [0.15, 0.2) is 0 Å². The lowest BCUT2D eigenvalue weighted by molar-refractivity contribution is -0.154. The van der Waals surface area contributed by atoms with Crippen molar-refractivity contribution >= 4 is 40.1 Å². The zero-order valence-electron chi connectivity index (χ0n) is 24.0. The molecule has 6 rings (SSSR count). The molecule has 214 valence electrons. The van der Waals surface area contributed by atoms with Crippen LogP contribution in [0, 0.1) is 30.1 Å². The minimum Gasteiger partial charge on any atom is -0.467 e. The fourth-order valence-electron chi connectivity index (χ4n) is 8.38. The number of hydrogen-bond donors (Lipinski definition) is 2. The van der Waals surface area contributed by atoms with Crippen molar-refractivity contribution in [2.24, 2.45) is 17.8 Å². The van der Waals surface area contributed by atoms with Crippen LogP contribution in [-0.2, 0) is 20.7 Å². The van der Waals surface area contributed by atoms with Gasteiger partial charge in [-0.1, -0.05) is 31.9 Å². The molecule has 2 heterocycles. The molecule has 2 aromatic carbocycles. The van der Waals surface area contributed by atoms with E-state index >= 15 is 0 Å². The minimum absolute atomic E-state index is 0.127. The first-order chi connectivity index (χ1) is 19.7. The van der Waals surface area contributed by atoms with Gasteiger partial charge in [-0.25, -0.2) is 4.79 Å². The van der Waals surface area contributed by atoms with Crippen LogP contribution >= 0.6 is 11.6 Å². The van der Waals surface area contributed by atoms with Gasteiger partial charge in [0.25, 0.3) is 0 Å². The Morgan fingerprint density at radius 1 is 1.12 bits per heavy atom. The molecule has 2 aliphatic carbocycles. The lowest BCUT2D eigenvalue weighted by Crippen LogP contribution is -2.52. The van der Waals surface area contributed by atoms with Gasteiger partial charge in [0.2, 0.25) is 5.91 Å². The molecule has 41 heavy (non-hydrogen) atoms. The summed E-state index contributed by atoms with van der Waals surface area (Å²) in [5.74, 6) is 3.91. The molecule has 1 aliphatic heterocycles. The summed E-state index contributed by atoms with van der Waals surface area (Å²) >= 11 is 6.12. The SMILES string of the molecule is C#Cc1ccc2[nH]c3c(c2c1)CC(C(=O)OC)N(C(=O)CCl)[C@H]3c1ccc(NC23CC(C)CC(CC(C)C2)C3)cc1. The molecule has 0 radical (unpaired) electrons. The Labute approximate surface area is 247 Å². The highest BCUT2D eigenvalue weighted by atomic mass is 35.5. The van der Waals surface area contributed by atoms with Crippen LogP contribution in [0.5, 0.6) is 0 Å². The first-order valence-corrected chi connectivity index (χ1v) is 15.2. The van der Waals surface area contributed by atoms with E-state index in [1.54, 1.807) is 4.90 Å². The molecule has 2 saturated carbocycles. The van der Waals surface area contributed by atoms with E-state index in [1.807, 2.05) is 18.2 Å². The predicted molar refractivity (Wildman–Crippen MR) is 163 cm³/mol. The van der Waals surface area contributed by atoms with E-state index in [0.717, 1.165) is 56.7 Å². The number of carbonyl (C=O) groups is 2. The number of aromatic nitrogens is 1. The molecular weight excluding hydrogens is 534 g/mol. The average molecular weight is 572 g/mol. The van der Waals surface area contributed by atoms with Gasteiger partial charge in [-0.05, 0) is 91.3 Å². The highest BCUT2D eigenvalue weighted by Gasteiger charge is 2.45. The third kappa shape index (κ3) is 4.99. The highest BCUT2D eigenvalue weighted by Crippen LogP contribution is 2.49. The van der Waals surface area contributed by atoms with Crippen molar-refractivity contribution < 1.29 is 14.3 Å². The second-order valence-corrected chi connectivity index (χ2v) is 13.0. The number of halogens is 1. The molecule has 1 aromatic heterocycles. The summed E-state index contributed by atoms with van der Waals surface area (Å²) in [7, 11) is 1.35. The molecule has 2 N–H and O–H groups in total. The van der Waals surface area contributed by atoms with Crippen molar-refractivity contribution in [1.29, 1.82) is 0 Å². The summed E-state index contributed by atoms with van der Waals surface area (Å²) in [4.78, 5) is 31.6. The highest BCUT2D eigenvalue weighted by molar-refractivity contribution is 6.27. The molecule has 6 nitrogen and oxygen atoms in total. The normalized spacial score (nSPS) is 29.0. The number of nitrogens with zero attached hydrogens (tertiary/aromatic N) is 1. The van der Waals surface area contributed by atoms with E-state index in [4.69, 9.17) is 22.8 Å². The molecule has 3 unspecified atom stereocenters. The van der Waals surface area contributed by atoms with Crippen LogP contribution < -0.4 is 5.32 Å². The van der Waals surface area contributed by atoms with Crippen molar-refractivity contribution in [3.05, 3.63) is 64.8 Å². The largest absolute Gasteiger partial charge is 0.467 e. The number of amides is 1. The minimum atomic E-state index is -0.807. The number of hydrogen-bond acceptors (Lipinski definition) is 4. The summed E-state index contributed by atoms with van der Waals surface area (Å²) in [5, 5.41) is 4.90. The number of esters is 1. The Balaban J connectivity index is 1.41. The summed E-state index contributed by atoms with van der Waals surface area (Å²) in [6.45, 7) is 4.77. The van der Waals surface area contributed by atoms with Crippen molar-refractivity contribution in [3.63, 3.8) is 0 Å². The molecule has 4 atom stereocenters. The zero-order valence-corrected chi connectivity index (χ0v) is 24.8. The number of benzene rings is 2. The molecule has 0 saturated heterocycles. The molecule has 2 bridgehead atoms. The first-order valence-electron chi connectivity index (χ1n) is 14.7. The number of alkyl halides is 1. The first kappa shape index (κ1) is 27.7. The van der Waals surface area contributed by atoms with Gasteiger partial charge in [-0.2, -0.15) is 0 Å². The van der Waals surface area contributed by atoms with Gasteiger partial charge in [-0.15, -0.1) is 18.0 Å². The third-order valence-corrected chi connectivity index (χ3v) is 9.76. The van der Waals surface area contributed by atoms with Crippen LogP contribution in [-0.4, -0.2) is 46.3 Å². The number of carbonyl (C=O) groups excluding carboxylic acids is 2. The predicted octanol–water partition coefficient (Wildman–Crippen LogP) is 6.42. The summed E-state index contributed by atoms with van der Waals surface area (Å²) in [6.07, 6.45) is 12.3. The number of terminal acetylenes is 1. The summed E-state index contributed by atoms with van der Waals surface area (Å²) < 4.78 is 5.18. The van der Waals surface area contributed by atoms with E-state index in [9.17, 15) is 9.59 Å². The van der Waals surface area contributed by atoms with Crippen LogP contribution in [0.4, 0.5) is 5.69 Å². The molecule has 2 fully saturated rings. The van der Waals surface area contributed by atoms with Crippen molar-refractivity contribution in [3.8, 4) is 12.3 Å². The van der Waals surface area contributed by atoms with Gasteiger partial charge in [-0.3, -0.25) is 4.79 Å². The molecule has 3 aromatic rings. The van der Waals surface area contributed by atoms with Gasteiger partial charge in [0, 0.05) is 39.8 Å². The maximum absolute atomic E-state index is 13.3. The second kappa shape index (κ2) is 10.8. The number of rotatable bonds is 5. The van der Waals surface area contributed by atoms with Crippen LogP contribution in [0.25, 0.3) is 10.9 Å². The Bertz CT molecular complexity index is 1500. The van der Waals surface area contributed by atoms with E-state index < -0.39 is 18.1 Å². The van der Waals surface area contributed by atoms with Gasteiger partial charge >= 0.3 is 5.97 Å². The lowest BCUT2D eigenvalue weighted by Gasteiger charge is -2.51. The number of H-pyrrole nitrogens is 1. The van der Waals surface area contributed by atoms with E-state index in [1.165, 1.54) is 39.2 Å². The Morgan fingerprint density at radius 2 is 1.83 bits per heavy atom. The smallest absolute Gasteiger partial charge is 0.328 e. The van der Waals surface area contributed by atoms with E-state index in [2.05, 4.69) is 54.3 Å². The molecular formula is C34H38ClN3O3. The Kier molecular flexibility index (Phi) is 7.28. The summed E-state index contributed by atoms with van der Waals surface area (Å²) in [6, 6.07) is 12.8. The van der Waals surface area contributed by atoms with Crippen LogP contribution in [0.2, 0.25) is 0 Å². The van der Waals surface area contributed by atoms with Crippen molar-refractivity contribution in [2.75, 3.05) is 18.3 Å². The van der Waals surface area contributed by atoms with Crippen molar-refractivity contribution in [2.45, 2.75) is 70.0 Å². The second-order valence-electron chi connectivity index (χ2n) is 12.7. The number of fused-ring (bicyclic) bond motifs is 5. The topological polar surface area (TPSA) is 74.4 Å². The maximum Gasteiger partial charge on any atom is 0.328 e. The van der Waals surface area contributed by atoms with E-state index in [0.29, 0.717) is 6.42 Å². The Hall–Kier alpha value is -3.43. The van der Waals surface area contributed by atoms with E-state index in [-0.39, 0.29) is 17.3 Å². The average Bonchev–Trinajstić information content (AvgIpc) is 3.32. The summed E-state index contributed by atoms with van der Waals surface area (Å²) in [5.41, 5.74) is 5.62. The molecule has 0 spiro atoms. The molecule has 1 amide bonds. The van der Waals surface area contributed by atoms with Crippen LogP contribution in [0.3, 0.4) is 0 Å². The fraction of sp³-hybridized carbons (Fsp3) is 0.471. The molecule has 3 aliphatic rings. The standard InChI is InChI=1S/C34H38ClN3O3/c1-5-22-6-11-28-26(14-22)27-15-29(33(40)41-4)38(30(39)19-35)32(31(27)36-28)24-7-9-25(10-8-24)37-34-16-20(2)12-23(18-34)13-21(3)17-34/h1,6-11,14,20-21,23,29,32,36-37H,12-13,15-19H2,2-4H3/t20?,21?,23?,29?,32-,34?/m0/s1. The van der Waals surface area contributed by atoms with Crippen LogP contribution in [0.1, 0.15) is 74.4 Å². The van der Waals surface area contributed by atoms with Crippen LogP contribution in [0.15, 0.2) is 42.5 Å². The monoisotopic (exact) mass is 571 g/mol. The fourth-order valence-corrected chi connectivity index (χ4v) is 8.52. The Morgan fingerprint density at radius 3 is 2.46 bits per heavy atom.